The molecule has 32 heavy (non-hydrogen) atoms. The molecule has 0 unspecified atom stereocenters. The maximum Gasteiger partial charge on any atom is 0.336 e. The predicted octanol–water partition coefficient (Wildman–Crippen LogP) is 4.06. The van der Waals surface area contributed by atoms with Crippen LogP contribution in [0, 0.1) is 0 Å². The Labute approximate surface area is 188 Å². The molecule has 1 atom stereocenters. The fraction of sp³-hybridized carbons (Fsp3) is 0.0833. The number of nitrogens with one attached hydrogen (secondary N) is 1. The summed E-state index contributed by atoms with van der Waals surface area (Å²) in [6, 6.07) is 21.6. The molecule has 2 N–H and O–H groups in total. The van der Waals surface area contributed by atoms with Crippen LogP contribution in [0.15, 0.2) is 83.8 Å². The number of carboxylic acid groups (broad SMARTS) is 1. The molecule has 4 rings (SSSR count). The first kappa shape index (κ1) is 21.3. The molecule has 0 radical (unpaired) electrons. The molecule has 8 heteroatoms. The van der Waals surface area contributed by atoms with Crippen LogP contribution >= 0.6 is 11.8 Å². The van der Waals surface area contributed by atoms with Crippen molar-refractivity contribution < 1.29 is 24.3 Å². The summed E-state index contributed by atoms with van der Waals surface area (Å²) in [6.07, 6.45) is 0.114. The Morgan fingerprint density at radius 3 is 2.16 bits per heavy atom. The summed E-state index contributed by atoms with van der Waals surface area (Å²) in [5.74, 6) is -2.20. The van der Waals surface area contributed by atoms with Crippen molar-refractivity contribution in [3.05, 3.63) is 90.0 Å². The number of hydrogen-bond acceptors (Lipinski definition) is 5. The highest BCUT2D eigenvalue weighted by Crippen LogP contribution is 2.34. The molecule has 1 fully saturated rings. The van der Waals surface area contributed by atoms with Gasteiger partial charge in [0, 0.05) is 17.0 Å². The standard InChI is InChI=1S/C24H18N2O5S/c27-21-14-20(23(29)26(21)16-6-2-1-3-7-16)32-17-12-10-15(11-13-17)25-22(28)18-8-4-5-9-19(18)24(30)31/h1-13,20H,14H2,(H,25,28)(H,30,31)/t20-/m1/s1. The number of thioether (sulfide) groups is 1. The van der Waals surface area contributed by atoms with E-state index in [1.165, 1.54) is 28.8 Å². The highest BCUT2D eigenvalue weighted by atomic mass is 32.2. The molecule has 0 spiro atoms. The summed E-state index contributed by atoms with van der Waals surface area (Å²) >= 11 is 1.29. The first-order valence-electron chi connectivity index (χ1n) is 9.76. The molecule has 0 aliphatic carbocycles. The number of imide groups is 1. The number of carbonyl (C=O) groups excluding carboxylic acids is 3. The van der Waals surface area contributed by atoms with Gasteiger partial charge >= 0.3 is 5.97 Å². The van der Waals surface area contributed by atoms with Crippen LogP contribution in [0.2, 0.25) is 0 Å². The van der Waals surface area contributed by atoms with Crippen LogP contribution < -0.4 is 10.2 Å². The minimum Gasteiger partial charge on any atom is -0.478 e. The summed E-state index contributed by atoms with van der Waals surface area (Å²) in [5, 5.41) is 11.4. The molecule has 3 amide bonds. The zero-order valence-corrected chi connectivity index (χ0v) is 17.5. The van der Waals surface area contributed by atoms with E-state index in [0.717, 1.165) is 4.90 Å². The molecule has 0 bridgehead atoms. The second kappa shape index (κ2) is 9.07. The number of carboxylic acids is 1. The van der Waals surface area contributed by atoms with Crippen molar-refractivity contribution in [2.75, 3.05) is 10.2 Å². The van der Waals surface area contributed by atoms with E-state index in [4.69, 9.17) is 0 Å². The summed E-state index contributed by atoms with van der Waals surface area (Å²) in [7, 11) is 0. The fourth-order valence-electron chi connectivity index (χ4n) is 3.39. The van der Waals surface area contributed by atoms with E-state index in [1.54, 1.807) is 60.7 Å². The average molecular weight is 446 g/mol. The van der Waals surface area contributed by atoms with Gasteiger partial charge in [-0.1, -0.05) is 30.3 Å². The number of nitrogens with zero attached hydrogens (tertiary/aromatic N) is 1. The predicted molar refractivity (Wildman–Crippen MR) is 121 cm³/mol. The van der Waals surface area contributed by atoms with Crippen LogP contribution in [-0.4, -0.2) is 34.0 Å². The van der Waals surface area contributed by atoms with Gasteiger partial charge in [0.05, 0.1) is 22.1 Å². The van der Waals surface area contributed by atoms with Crippen LogP contribution in [0.1, 0.15) is 27.1 Å². The lowest BCUT2D eigenvalue weighted by molar-refractivity contribution is -0.121. The second-order valence-electron chi connectivity index (χ2n) is 7.04. The topological polar surface area (TPSA) is 104 Å². The lowest BCUT2D eigenvalue weighted by Gasteiger charge is -2.14. The number of para-hydroxylation sites is 1. The highest BCUT2D eigenvalue weighted by Gasteiger charge is 2.40. The van der Waals surface area contributed by atoms with Crippen molar-refractivity contribution in [1.82, 2.24) is 0 Å². The summed E-state index contributed by atoms with van der Waals surface area (Å²) in [6.45, 7) is 0. The lowest BCUT2D eigenvalue weighted by atomic mass is 10.1. The van der Waals surface area contributed by atoms with Crippen LogP contribution in [0.5, 0.6) is 0 Å². The Kier molecular flexibility index (Phi) is 6.04. The molecule has 3 aromatic carbocycles. The summed E-state index contributed by atoms with van der Waals surface area (Å²) < 4.78 is 0. The summed E-state index contributed by atoms with van der Waals surface area (Å²) in [4.78, 5) is 50.9. The quantitative estimate of drug-likeness (QED) is 0.554. The van der Waals surface area contributed by atoms with Gasteiger partial charge in [0.1, 0.15) is 0 Å². The number of hydrogen-bond donors (Lipinski definition) is 2. The van der Waals surface area contributed by atoms with E-state index >= 15 is 0 Å². The van der Waals surface area contributed by atoms with Crippen LogP contribution in [-0.2, 0) is 9.59 Å². The van der Waals surface area contributed by atoms with Gasteiger partial charge in [0.2, 0.25) is 11.8 Å². The zero-order chi connectivity index (χ0) is 22.7. The van der Waals surface area contributed by atoms with Crippen LogP contribution in [0.25, 0.3) is 0 Å². The Hall–Kier alpha value is -3.91. The zero-order valence-electron chi connectivity index (χ0n) is 16.7. The van der Waals surface area contributed by atoms with E-state index in [-0.39, 0.29) is 29.4 Å². The van der Waals surface area contributed by atoms with Crippen molar-refractivity contribution in [3.8, 4) is 0 Å². The Balaban J connectivity index is 1.43. The Morgan fingerprint density at radius 2 is 1.50 bits per heavy atom. The number of rotatable bonds is 6. The van der Waals surface area contributed by atoms with E-state index in [9.17, 15) is 24.3 Å². The Morgan fingerprint density at radius 1 is 0.875 bits per heavy atom. The van der Waals surface area contributed by atoms with Gasteiger partial charge in [0.15, 0.2) is 0 Å². The third-order valence-electron chi connectivity index (χ3n) is 4.91. The maximum absolute atomic E-state index is 12.8. The molecule has 1 heterocycles. The molecular formula is C24H18N2O5S. The minimum atomic E-state index is -1.18. The van der Waals surface area contributed by atoms with Crippen LogP contribution in [0.4, 0.5) is 11.4 Å². The largest absolute Gasteiger partial charge is 0.478 e. The Bertz CT molecular complexity index is 1190. The molecule has 7 nitrogen and oxygen atoms in total. The molecule has 0 saturated carbocycles. The minimum absolute atomic E-state index is 0.0644. The van der Waals surface area contributed by atoms with E-state index < -0.39 is 17.1 Å². The number of aromatic carboxylic acids is 1. The number of amides is 3. The molecule has 0 aromatic heterocycles. The molecule has 1 saturated heterocycles. The van der Waals surface area contributed by atoms with Crippen LogP contribution in [0.3, 0.4) is 0 Å². The van der Waals surface area contributed by atoms with Crippen molar-refractivity contribution in [2.24, 2.45) is 0 Å². The molecule has 1 aliphatic rings. The highest BCUT2D eigenvalue weighted by molar-refractivity contribution is 8.00. The van der Waals surface area contributed by atoms with Gasteiger partial charge in [-0.25, -0.2) is 9.69 Å². The molecule has 160 valence electrons. The number of carbonyl (C=O) groups is 4. The second-order valence-corrected chi connectivity index (χ2v) is 8.32. The normalized spacial score (nSPS) is 15.6. The van der Waals surface area contributed by atoms with E-state index in [0.29, 0.717) is 11.4 Å². The van der Waals surface area contributed by atoms with Crippen molar-refractivity contribution in [2.45, 2.75) is 16.6 Å². The molecular weight excluding hydrogens is 428 g/mol. The number of anilines is 2. The maximum atomic E-state index is 12.8. The van der Waals surface area contributed by atoms with Crippen molar-refractivity contribution in [3.63, 3.8) is 0 Å². The smallest absolute Gasteiger partial charge is 0.336 e. The molecule has 1 aliphatic heterocycles. The van der Waals surface area contributed by atoms with E-state index in [1.807, 2.05) is 6.07 Å². The van der Waals surface area contributed by atoms with Gasteiger partial charge in [-0.3, -0.25) is 14.4 Å². The summed E-state index contributed by atoms with van der Waals surface area (Å²) in [5.41, 5.74) is 1.03. The average Bonchev–Trinajstić information content (AvgIpc) is 3.08. The lowest BCUT2D eigenvalue weighted by Crippen LogP contribution is -2.30. The first-order chi connectivity index (χ1) is 15.4. The van der Waals surface area contributed by atoms with E-state index in [2.05, 4.69) is 5.32 Å². The van der Waals surface area contributed by atoms with Gasteiger partial charge in [-0.05, 0) is 48.5 Å². The van der Waals surface area contributed by atoms with Gasteiger partial charge in [-0.15, -0.1) is 11.8 Å². The third kappa shape index (κ3) is 4.40. The van der Waals surface area contributed by atoms with Gasteiger partial charge in [-0.2, -0.15) is 0 Å². The molecule has 3 aromatic rings. The van der Waals surface area contributed by atoms with Crippen molar-refractivity contribution >= 4 is 46.8 Å². The van der Waals surface area contributed by atoms with Gasteiger partial charge < -0.3 is 10.4 Å². The van der Waals surface area contributed by atoms with Crippen molar-refractivity contribution in [1.29, 1.82) is 0 Å². The SMILES string of the molecule is O=C(O)c1ccccc1C(=O)Nc1ccc(S[C@@H]2CC(=O)N(c3ccccc3)C2=O)cc1. The fourth-order valence-corrected chi connectivity index (χ4v) is 4.45. The monoisotopic (exact) mass is 446 g/mol. The first-order valence-corrected chi connectivity index (χ1v) is 10.6. The third-order valence-corrected chi connectivity index (χ3v) is 6.11. The van der Waals surface area contributed by atoms with Gasteiger partial charge in [0.25, 0.3) is 5.91 Å². The number of benzene rings is 3.